The van der Waals surface area contributed by atoms with E-state index in [9.17, 15) is 18.0 Å². The van der Waals surface area contributed by atoms with Gasteiger partial charge in [-0.25, -0.2) is 4.98 Å². The van der Waals surface area contributed by atoms with E-state index in [1.807, 2.05) is 6.07 Å². The number of hydrogen-bond acceptors (Lipinski definition) is 3. The Kier molecular flexibility index (Phi) is 4.93. The van der Waals surface area contributed by atoms with E-state index in [1.165, 1.54) is 10.5 Å². The topological polar surface area (TPSA) is 37.6 Å². The molecule has 146 valence electrons. The quantitative estimate of drug-likeness (QED) is 0.667. The SMILES string of the molecule is O=c1cc(CN2CCCCC2c2ccc(C(F)(F)F)cc2)nc2ccccn12. The van der Waals surface area contributed by atoms with Gasteiger partial charge in [0, 0.05) is 24.8 Å². The molecular formula is C21H20F3N3O. The lowest BCUT2D eigenvalue weighted by Crippen LogP contribution is -2.33. The fourth-order valence-electron chi connectivity index (χ4n) is 3.84. The fourth-order valence-corrected chi connectivity index (χ4v) is 3.84. The molecule has 0 saturated carbocycles. The second kappa shape index (κ2) is 7.39. The number of benzene rings is 1. The van der Waals surface area contributed by atoms with Crippen LogP contribution < -0.4 is 5.56 Å². The van der Waals surface area contributed by atoms with Gasteiger partial charge < -0.3 is 0 Å². The number of aromatic nitrogens is 2. The first-order valence-electron chi connectivity index (χ1n) is 9.30. The molecule has 2 aromatic heterocycles. The van der Waals surface area contributed by atoms with E-state index in [0.29, 0.717) is 17.9 Å². The molecule has 0 bridgehead atoms. The monoisotopic (exact) mass is 387 g/mol. The van der Waals surface area contributed by atoms with Gasteiger partial charge in [-0.2, -0.15) is 13.2 Å². The van der Waals surface area contributed by atoms with E-state index in [-0.39, 0.29) is 11.6 Å². The highest BCUT2D eigenvalue weighted by molar-refractivity contribution is 5.38. The summed E-state index contributed by atoms with van der Waals surface area (Å²) in [5.41, 5.74) is 1.36. The predicted molar refractivity (Wildman–Crippen MR) is 99.9 cm³/mol. The van der Waals surface area contributed by atoms with Gasteiger partial charge in [0.25, 0.3) is 5.56 Å². The first-order valence-corrected chi connectivity index (χ1v) is 9.30. The van der Waals surface area contributed by atoms with E-state index in [1.54, 1.807) is 30.5 Å². The van der Waals surface area contributed by atoms with Gasteiger partial charge in [0.15, 0.2) is 0 Å². The summed E-state index contributed by atoms with van der Waals surface area (Å²) in [4.78, 5) is 19.1. The second-order valence-electron chi connectivity index (χ2n) is 7.12. The van der Waals surface area contributed by atoms with Gasteiger partial charge in [-0.1, -0.05) is 24.6 Å². The second-order valence-corrected chi connectivity index (χ2v) is 7.12. The summed E-state index contributed by atoms with van der Waals surface area (Å²) in [6.07, 6.45) is 0.264. The van der Waals surface area contributed by atoms with Crippen molar-refractivity contribution < 1.29 is 13.2 Å². The Morgan fingerprint density at radius 3 is 2.61 bits per heavy atom. The largest absolute Gasteiger partial charge is 0.416 e. The van der Waals surface area contributed by atoms with E-state index in [0.717, 1.165) is 43.5 Å². The maximum atomic E-state index is 12.8. The molecule has 0 spiro atoms. The number of alkyl halides is 3. The summed E-state index contributed by atoms with van der Waals surface area (Å²) < 4.78 is 40.0. The number of piperidine rings is 1. The van der Waals surface area contributed by atoms with Gasteiger partial charge in [-0.3, -0.25) is 14.1 Å². The zero-order valence-corrected chi connectivity index (χ0v) is 15.2. The van der Waals surface area contributed by atoms with Crippen molar-refractivity contribution in [3.8, 4) is 0 Å². The molecule has 3 heterocycles. The highest BCUT2D eigenvalue weighted by Gasteiger charge is 2.31. The van der Waals surface area contributed by atoms with E-state index >= 15 is 0 Å². The third-order valence-corrected chi connectivity index (χ3v) is 5.23. The van der Waals surface area contributed by atoms with Gasteiger partial charge >= 0.3 is 6.18 Å². The molecule has 1 aliphatic heterocycles. The number of likely N-dealkylation sites (tertiary alicyclic amines) is 1. The highest BCUT2D eigenvalue weighted by atomic mass is 19.4. The fraction of sp³-hybridized carbons (Fsp3) is 0.333. The molecule has 4 rings (SSSR count). The number of hydrogen-bond donors (Lipinski definition) is 0. The minimum Gasteiger partial charge on any atom is -0.291 e. The summed E-state index contributed by atoms with van der Waals surface area (Å²) in [5.74, 6) is 0. The first kappa shape index (κ1) is 18.7. The average molecular weight is 387 g/mol. The maximum absolute atomic E-state index is 12.8. The van der Waals surface area contributed by atoms with Crippen LogP contribution in [0.3, 0.4) is 0 Å². The number of rotatable bonds is 3. The zero-order chi connectivity index (χ0) is 19.7. The Bertz CT molecular complexity index is 1030. The van der Waals surface area contributed by atoms with Crippen LogP contribution in [0.2, 0.25) is 0 Å². The Labute approximate surface area is 160 Å². The van der Waals surface area contributed by atoms with Crippen molar-refractivity contribution in [3.05, 3.63) is 81.9 Å². The van der Waals surface area contributed by atoms with Crippen molar-refractivity contribution in [2.45, 2.75) is 38.0 Å². The van der Waals surface area contributed by atoms with Crippen LogP contribution >= 0.6 is 0 Å². The molecule has 7 heteroatoms. The van der Waals surface area contributed by atoms with Crippen molar-refractivity contribution in [2.75, 3.05) is 6.54 Å². The molecule has 1 unspecified atom stereocenters. The molecule has 0 N–H and O–H groups in total. The summed E-state index contributed by atoms with van der Waals surface area (Å²) in [6, 6.07) is 12.4. The third-order valence-electron chi connectivity index (χ3n) is 5.23. The lowest BCUT2D eigenvalue weighted by Gasteiger charge is -2.36. The standard InChI is InChI=1S/C21H20F3N3O/c22-21(23,24)16-9-7-15(8-10-16)18-5-1-3-11-26(18)14-17-13-20(28)27-12-4-2-6-19(27)25-17/h2,4,6-10,12-13,18H,1,3,5,11,14H2. The van der Waals surface area contributed by atoms with Crippen LogP contribution in [0.15, 0.2) is 59.5 Å². The van der Waals surface area contributed by atoms with E-state index in [4.69, 9.17) is 0 Å². The lowest BCUT2D eigenvalue weighted by molar-refractivity contribution is -0.137. The van der Waals surface area contributed by atoms with Gasteiger partial charge in [0.1, 0.15) is 5.65 Å². The van der Waals surface area contributed by atoms with Crippen molar-refractivity contribution in [1.29, 1.82) is 0 Å². The minimum atomic E-state index is -4.33. The number of fused-ring (bicyclic) bond motifs is 1. The van der Waals surface area contributed by atoms with Crippen molar-refractivity contribution >= 4 is 5.65 Å². The van der Waals surface area contributed by atoms with Gasteiger partial charge in [-0.05, 0) is 49.2 Å². The number of nitrogens with zero attached hydrogens (tertiary/aromatic N) is 3. The predicted octanol–water partition coefficient (Wildman–Crippen LogP) is 4.44. The molecular weight excluding hydrogens is 367 g/mol. The minimum absolute atomic E-state index is 0.0204. The smallest absolute Gasteiger partial charge is 0.291 e. The van der Waals surface area contributed by atoms with E-state index < -0.39 is 11.7 Å². The summed E-state index contributed by atoms with van der Waals surface area (Å²) in [5, 5.41) is 0. The number of halogens is 3. The van der Waals surface area contributed by atoms with Gasteiger partial charge in [0.2, 0.25) is 0 Å². The molecule has 1 aromatic carbocycles. The molecule has 4 nitrogen and oxygen atoms in total. The zero-order valence-electron chi connectivity index (χ0n) is 15.2. The Hall–Kier alpha value is -2.67. The summed E-state index contributed by atoms with van der Waals surface area (Å²) in [7, 11) is 0. The van der Waals surface area contributed by atoms with Crippen LogP contribution in [0.5, 0.6) is 0 Å². The third kappa shape index (κ3) is 3.80. The Balaban J connectivity index is 1.60. The molecule has 28 heavy (non-hydrogen) atoms. The summed E-state index contributed by atoms with van der Waals surface area (Å²) in [6.45, 7) is 1.31. The molecule has 0 amide bonds. The number of pyridine rings is 1. The summed E-state index contributed by atoms with van der Waals surface area (Å²) >= 11 is 0. The molecule has 1 aliphatic rings. The van der Waals surface area contributed by atoms with Crippen LogP contribution in [0.25, 0.3) is 5.65 Å². The molecule has 1 fully saturated rings. The van der Waals surface area contributed by atoms with Gasteiger partial charge in [-0.15, -0.1) is 0 Å². The van der Waals surface area contributed by atoms with Crippen molar-refractivity contribution in [2.24, 2.45) is 0 Å². The molecule has 0 radical (unpaired) electrons. The maximum Gasteiger partial charge on any atom is 0.416 e. The van der Waals surface area contributed by atoms with Crippen LogP contribution in [-0.4, -0.2) is 20.8 Å². The van der Waals surface area contributed by atoms with Crippen molar-refractivity contribution in [3.63, 3.8) is 0 Å². The molecule has 0 aliphatic carbocycles. The van der Waals surface area contributed by atoms with Crippen LogP contribution in [0.4, 0.5) is 13.2 Å². The molecule has 1 saturated heterocycles. The van der Waals surface area contributed by atoms with Crippen LogP contribution in [-0.2, 0) is 12.7 Å². The normalized spacial score (nSPS) is 18.5. The van der Waals surface area contributed by atoms with Crippen LogP contribution in [0.1, 0.15) is 42.1 Å². The highest BCUT2D eigenvalue weighted by Crippen LogP contribution is 2.34. The lowest BCUT2D eigenvalue weighted by atomic mass is 9.94. The van der Waals surface area contributed by atoms with E-state index in [2.05, 4.69) is 9.88 Å². The molecule has 1 atom stereocenters. The van der Waals surface area contributed by atoms with Crippen molar-refractivity contribution in [1.82, 2.24) is 14.3 Å². The molecule has 3 aromatic rings. The Morgan fingerprint density at radius 1 is 1.07 bits per heavy atom. The average Bonchev–Trinajstić information content (AvgIpc) is 2.68. The first-order chi connectivity index (χ1) is 13.4. The van der Waals surface area contributed by atoms with Crippen LogP contribution in [0, 0.1) is 0 Å². The Morgan fingerprint density at radius 2 is 1.86 bits per heavy atom. The van der Waals surface area contributed by atoms with Gasteiger partial charge in [0.05, 0.1) is 11.3 Å².